The maximum atomic E-state index is 12.4. The number of benzene rings is 2. The molecule has 1 N–H and O–H groups in total. The van der Waals surface area contributed by atoms with E-state index in [-0.39, 0.29) is 4.21 Å². The van der Waals surface area contributed by atoms with Gasteiger partial charge in [-0.2, -0.15) is 0 Å². The summed E-state index contributed by atoms with van der Waals surface area (Å²) in [6.45, 7) is 0. The van der Waals surface area contributed by atoms with Gasteiger partial charge < -0.3 is 4.74 Å². The minimum atomic E-state index is -3.59. The van der Waals surface area contributed by atoms with Gasteiger partial charge in [-0.05, 0) is 70.5 Å². The molecule has 0 saturated heterocycles. The molecule has 4 aromatic rings. The highest BCUT2D eigenvalue weighted by Gasteiger charge is 2.17. The summed E-state index contributed by atoms with van der Waals surface area (Å²) < 4.78 is 34.7. The van der Waals surface area contributed by atoms with Gasteiger partial charge in [0.1, 0.15) is 15.0 Å². The molecule has 0 aliphatic carbocycles. The summed E-state index contributed by atoms with van der Waals surface area (Å²) >= 11 is 6.01. The van der Waals surface area contributed by atoms with E-state index in [4.69, 9.17) is 4.74 Å². The molecular formula is C18H13BrN2O3S3. The first kappa shape index (κ1) is 18.4. The number of hydrogen-bond donors (Lipinski definition) is 1. The number of rotatable bonds is 5. The lowest BCUT2D eigenvalue weighted by Crippen LogP contribution is -2.11. The third-order valence-electron chi connectivity index (χ3n) is 3.79. The third kappa shape index (κ3) is 3.86. The van der Waals surface area contributed by atoms with E-state index in [9.17, 15) is 8.42 Å². The van der Waals surface area contributed by atoms with Crippen LogP contribution in [-0.4, -0.2) is 20.5 Å². The van der Waals surface area contributed by atoms with Gasteiger partial charge in [-0.3, -0.25) is 4.72 Å². The van der Waals surface area contributed by atoms with Crippen molar-refractivity contribution in [3.63, 3.8) is 0 Å². The van der Waals surface area contributed by atoms with Crippen molar-refractivity contribution >= 4 is 64.5 Å². The van der Waals surface area contributed by atoms with Crippen LogP contribution >= 0.6 is 38.6 Å². The lowest BCUT2D eigenvalue weighted by molar-refractivity contribution is 0.415. The fourth-order valence-electron chi connectivity index (χ4n) is 2.48. The van der Waals surface area contributed by atoms with Crippen LogP contribution in [0.4, 0.5) is 5.69 Å². The molecular weight excluding hydrogens is 468 g/mol. The van der Waals surface area contributed by atoms with E-state index in [0.29, 0.717) is 5.69 Å². The highest BCUT2D eigenvalue weighted by Crippen LogP contribution is 2.33. The molecule has 0 bridgehead atoms. The number of nitrogens with zero attached hydrogens (tertiary/aromatic N) is 1. The van der Waals surface area contributed by atoms with E-state index in [2.05, 4.69) is 25.6 Å². The SMILES string of the molecule is COc1ccc2nc(-c3ccc(NS(=O)(=O)c4ccc(Br)s4)cc3)sc2c1. The average Bonchev–Trinajstić information content (AvgIpc) is 3.28. The van der Waals surface area contributed by atoms with Gasteiger partial charge in [-0.1, -0.05) is 0 Å². The van der Waals surface area contributed by atoms with Crippen LogP contribution in [0.1, 0.15) is 0 Å². The smallest absolute Gasteiger partial charge is 0.271 e. The fourth-order valence-corrected chi connectivity index (χ4v) is 6.55. The molecule has 2 aromatic heterocycles. The van der Waals surface area contributed by atoms with Crippen LogP contribution in [0.25, 0.3) is 20.8 Å². The molecule has 0 unspecified atom stereocenters. The fraction of sp³-hybridized carbons (Fsp3) is 0.0556. The predicted molar refractivity (Wildman–Crippen MR) is 114 cm³/mol. The van der Waals surface area contributed by atoms with E-state index < -0.39 is 10.0 Å². The summed E-state index contributed by atoms with van der Waals surface area (Å²) in [5.74, 6) is 0.794. The first-order chi connectivity index (χ1) is 12.9. The quantitative estimate of drug-likeness (QED) is 0.403. The highest BCUT2D eigenvalue weighted by molar-refractivity contribution is 9.11. The average molecular weight is 481 g/mol. The van der Waals surface area contributed by atoms with Crippen LogP contribution in [0.5, 0.6) is 5.75 Å². The third-order valence-corrected chi connectivity index (χ3v) is 8.36. The molecule has 2 aromatic carbocycles. The monoisotopic (exact) mass is 480 g/mol. The Labute approximate surface area is 172 Å². The van der Waals surface area contributed by atoms with Gasteiger partial charge >= 0.3 is 0 Å². The van der Waals surface area contributed by atoms with Crippen molar-refractivity contribution in [3.8, 4) is 16.3 Å². The summed E-state index contributed by atoms with van der Waals surface area (Å²) in [5.41, 5.74) is 2.34. The van der Waals surface area contributed by atoms with Crippen LogP contribution in [0.2, 0.25) is 0 Å². The Morgan fingerprint density at radius 3 is 2.48 bits per heavy atom. The van der Waals surface area contributed by atoms with Crippen LogP contribution in [-0.2, 0) is 10.0 Å². The summed E-state index contributed by atoms with van der Waals surface area (Å²) in [4.78, 5) is 4.63. The van der Waals surface area contributed by atoms with Gasteiger partial charge in [0.05, 0.1) is 21.1 Å². The van der Waals surface area contributed by atoms with E-state index in [1.807, 2.05) is 30.3 Å². The van der Waals surface area contributed by atoms with Crippen molar-refractivity contribution in [3.05, 3.63) is 58.4 Å². The number of anilines is 1. The Morgan fingerprint density at radius 1 is 1.04 bits per heavy atom. The van der Waals surface area contributed by atoms with Crippen molar-refractivity contribution in [2.45, 2.75) is 4.21 Å². The van der Waals surface area contributed by atoms with Crippen LogP contribution in [0, 0.1) is 0 Å². The Kier molecular flexibility index (Phi) is 4.94. The van der Waals surface area contributed by atoms with Gasteiger partial charge in [0.25, 0.3) is 10.0 Å². The summed E-state index contributed by atoms with van der Waals surface area (Å²) in [5, 5.41) is 0.870. The van der Waals surface area contributed by atoms with Crippen LogP contribution < -0.4 is 9.46 Å². The number of nitrogens with one attached hydrogen (secondary N) is 1. The van der Waals surface area contributed by atoms with Gasteiger partial charge in [0, 0.05) is 11.3 Å². The minimum absolute atomic E-state index is 0.263. The number of halogens is 1. The largest absolute Gasteiger partial charge is 0.497 e. The number of thiazole rings is 1. The van der Waals surface area contributed by atoms with E-state index in [0.717, 1.165) is 30.3 Å². The summed E-state index contributed by atoms with van der Waals surface area (Å²) in [7, 11) is -1.95. The molecule has 27 heavy (non-hydrogen) atoms. The van der Waals surface area contributed by atoms with Crippen molar-refractivity contribution < 1.29 is 13.2 Å². The molecule has 0 fully saturated rings. The second-order valence-electron chi connectivity index (χ2n) is 5.59. The van der Waals surface area contributed by atoms with Crippen molar-refractivity contribution in [2.75, 3.05) is 11.8 Å². The number of ether oxygens (including phenoxy) is 1. The lowest BCUT2D eigenvalue weighted by Gasteiger charge is -2.06. The van der Waals surface area contributed by atoms with Crippen molar-refractivity contribution in [1.29, 1.82) is 0 Å². The van der Waals surface area contributed by atoms with Crippen LogP contribution in [0.15, 0.2) is 62.6 Å². The van der Waals surface area contributed by atoms with Gasteiger partial charge in [-0.15, -0.1) is 22.7 Å². The molecule has 0 aliphatic heterocycles. The van der Waals surface area contributed by atoms with Crippen molar-refractivity contribution in [2.24, 2.45) is 0 Å². The molecule has 138 valence electrons. The summed E-state index contributed by atoms with van der Waals surface area (Å²) in [6, 6.07) is 16.2. The van der Waals surface area contributed by atoms with E-state index in [1.54, 1.807) is 42.7 Å². The molecule has 0 amide bonds. The first-order valence-electron chi connectivity index (χ1n) is 7.78. The van der Waals surface area contributed by atoms with Gasteiger partial charge in [0.2, 0.25) is 0 Å². The van der Waals surface area contributed by atoms with E-state index >= 15 is 0 Å². The topological polar surface area (TPSA) is 68.3 Å². The molecule has 5 nitrogen and oxygen atoms in total. The number of thiophene rings is 1. The number of aromatic nitrogens is 1. The maximum absolute atomic E-state index is 12.4. The Morgan fingerprint density at radius 2 is 1.81 bits per heavy atom. The zero-order chi connectivity index (χ0) is 19.0. The standard InChI is InChI=1S/C18H13BrN2O3S3/c1-24-13-6-7-14-15(10-13)25-18(20-14)11-2-4-12(5-3-11)21-27(22,23)17-9-8-16(19)26-17/h2-10,21H,1H3. The Balaban J connectivity index is 1.59. The van der Waals surface area contributed by atoms with Gasteiger partial charge in [-0.25, -0.2) is 13.4 Å². The van der Waals surface area contributed by atoms with E-state index in [1.165, 1.54) is 11.3 Å². The molecule has 0 spiro atoms. The molecule has 4 rings (SSSR count). The van der Waals surface area contributed by atoms with Gasteiger partial charge in [0.15, 0.2) is 0 Å². The molecule has 2 heterocycles. The summed E-state index contributed by atoms with van der Waals surface area (Å²) in [6.07, 6.45) is 0. The zero-order valence-electron chi connectivity index (χ0n) is 14.0. The highest BCUT2D eigenvalue weighted by atomic mass is 79.9. The molecule has 0 radical (unpaired) electrons. The molecule has 0 saturated carbocycles. The second-order valence-corrected chi connectivity index (χ2v) is 11.0. The maximum Gasteiger partial charge on any atom is 0.271 e. The molecule has 9 heteroatoms. The Bertz CT molecular complexity index is 1210. The number of hydrogen-bond acceptors (Lipinski definition) is 6. The number of methoxy groups -OCH3 is 1. The number of sulfonamides is 1. The lowest BCUT2D eigenvalue weighted by atomic mass is 10.2. The Hall–Kier alpha value is -1.94. The number of fused-ring (bicyclic) bond motifs is 1. The van der Waals surface area contributed by atoms with Crippen LogP contribution in [0.3, 0.4) is 0 Å². The minimum Gasteiger partial charge on any atom is -0.497 e. The normalized spacial score (nSPS) is 11.6. The predicted octanol–water partition coefficient (Wildman–Crippen LogP) is 5.60. The van der Waals surface area contributed by atoms with Crippen molar-refractivity contribution in [1.82, 2.24) is 4.98 Å². The molecule has 0 aliphatic rings. The first-order valence-corrected chi connectivity index (χ1v) is 11.7. The zero-order valence-corrected chi connectivity index (χ0v) is 18.0. The molecule has 0 atom stereocenters. The second kappa shape index (κ2) is 7.23.